The van der Waals surface area contributed by atoms with Crippen molar-refractivity contribution >= 4 is 29.1 Å². The summed E-state index contributed by atoms with van der Waals surface area (Å²) in [6, 6.07) is 5.50. The molecule has 1 aromatic heterocycles. The van der Waals surface area contributed by atoms with E-state index in [4.69, 9.17) is 26.1 Å². The predicted octanol–water partition coefficient (Wildman–Crippen LogP) is 1.77. The van der Waals surface area contributed by atoms with Crippen LogP contribution in [0.5, 0.6) is 5.75 Å². The van der Waals surface area contributed by atoms with E-state index in [1.165, 1.54) is 0 Å². The lowest BCUT2D eigenvalue weighted by molar-refractivity contribution is -0.0175. The summed E-state index contributed by atoms with van der Waals surface area (Å²) in [6.07, 6.45) is 3.39. The summed E-state index contributed by atoms with van der Waals surface area (Å²) in [6.45, 7) is 3.89. The van der Waals surface area contributed by atoms with Crippen LogP contribution in [-0.2, 0) is 11.3 Å². The predicted molar refractivity (Wildman–Crippen MR) is 134 cm³/mol. The largest absolute Gasteiger partial charge is 0.495 e. The fourth-order valence-corrected chi connectivity index (χ4v) is 4.70. The normalized spacial score (nSPS) is 20.6. The number of amides is 1. The number of anilines is 2. The lowest BCUT2D eigenvalue weighted by Crippen LogP contribution is -2.46. The number of ether oxygens (including phenoxy) is 2. The number of aliphatic hydroxyl groups excluding tert-OH is 1. The van der Waals surface area contributed by atoms with Crippen LogP contribution >= 0.6 is 11.6 Å². The summed E-state index contributed by atoms with van der Waals surface area (Å²) in [5, 5.41) is 16.4. The third kappa shape index (κ3) is 6.32. The van der Waals surface area contributed by atoms with Gasteiger partial charge >= 0.3 is 0 Å². The number of morpholine rings is 1. The third-order valence-electron chi connectivity index (χ3n) is 6.37. The minimum Gasteiger partial charge on any atom is -0.495 e. The molecule has 0 saturated carbocycles. The van der Waals surface area contributed by atoms with Crippen LogP contribution in [0, 0.1) is 0 Å². The number of methoxy groups -OCH3 is 1. The van der Waals surface area contributed by atoms with Gasteiger partial charge in [-0.2, -0.15) is 0 Å². The molecule has 0 bridgehead atoms. The number of benzene rings is 1. The van der Waals surface area contributed by atoms with Gasteiger partial charge in [-0.3, -0.25) is 4.79 Å². The van der Waals surface area contributed by atoms with Crippen LogP contribution < -0.4 is 20.3 Å². The maximum Gasteiger partial charge on any atom is 0.273 e. The first kappa shape index (κ1) is 25.4. The van der Waals surface area contributed by atoms with Gasteiger partial charge in [0.1, 0.15) is 11.6 Å². The SMILES string of the molecule is COc1ccc(CNc2nc(N3CCCC3CO)cnc2C(=O)NCC2CN(C)CCO2)cc1Cl. The smallest absolute Gasteiger partial charge is 0.273 e. The van der Waals surface area contributed by atoms with E-state index in [0.717, 1.165) is 38.0 Å². The molecule has 3 heterocycles. The topological polar surface area (TPSA) is 112 Å². The average Bonchev–Trinajstić information content (AvgIpc) is 3.35. The van der Waals surface area contributed by atoms with Crippen molar-refractivity contribution in [1.29, 1.82) is 0 Å². The Morgan fingerprint density at radius 3 is 2.97 bits per heavy atom. The molecular formula is C24H33ClN6O4. The van der Waals surface area contributed by atoms with Gasteiger partial charge in [-0.25, -0.2) is 9.97 Å². The summed E-state index contributed by atoms with van der Waals surface area (Å²) in [7, 11) is 3.60. The van der Waals surface area contributed by atoms with Crippen molar-refractivity contribution in [3.63, 3.8) is 0 Å². The molecule has 2 aromatic rings. The van der Waals surface area contributed by atoms with Crippen LogP contribution in [0.4, 0.5) is 11.6 Å². The van der Waals surface area contributed by atoms with Crippen LogP contribution in [-0.4, -0.2) is 91.6 Å². The quantitative estimate of drug-likeness (QED) is 0.470. The number of aliphatic hydroxyl groups is 1. The number of hydrogen-bond donors (Lipinski definition) is 3. The second kappa shape index (κ2) is 11.9. The van der Waals surface area contributed by atoms with Crippen LogP contribution in [0.25, 0.3) is 0 Å². The van der Waals surface area contributed by atoms with Crippen molar-refractivity contribution in [3.05, 3.63) is 40.7 Å². The molecule has 2 unspecified atom stereocenters. The van der Waals surface area contributed by atoms with Crippen molar-refractivity contribution < 1.29 is 19.4 Å². The highest BCUT2D eigenvalue weighted by Gasteiger charge is 2.27. The monoisotopic (exact) mass is 504 g/mol. The van der Waals surface area contributed by atoms with Crippen molar-refractivity contribution in [2.45, 2.75) is 31.5 Å². The van der Waals surface area contributed by atoms with E-state index >= 15 is 0 Å². The van der Waals surface area contributed by atoms with Crippen LogP contribution in [0.2, 0.25) is 5.02 Å². The van der Waals surface area contributed by atoms with Gasteiger partial charge in [-0.05, 0) is 37.6 Å². The molecule has 35 heavy (non-hydrogen) atoms. The Morgan fingerprint density at radius 2 is 2.23 bits per heavy atom. The Bertz CT molecular complexity index is 1030. The minimum absolute atomic E-state index is 0.00217. The molecule has 1 amide bonds. The number of halogens is 1. The maximum absolute atomic E-state index is 13.1. The van der Waals surface area contributed by atoms with Crippen molar-refractivity contribution in [3.8, 4) is 5.75 Å². The molecule has 1 aromatic carbocycles. The van der Waals surface area contributed by atoms with Crippen LogP contribution in [0.1, 0.15) is 28.9 Å². The number of aromatic nitrogens is 2. The molecule has 11 heteroatoms. The number of likely N-dealkylation sites (N-methyl/N-ethyl adjacent to an activating group) is 1. The third-order valence-corrected chi connectivity index (χ3v) is 6.66. The summed E-state index contributed by atoms with van der Waals surface area (Å²) in [4.78, 5) is 26.5. The Kier molecular flexibility index (Phi) is 8.61. The fourth-order valence-electron chi connectivity index (χ4n) is 4.42. The first-order chi connectivity index (χ1) is 17.0. The van der Waals surface area contributed by atoms with E-state index in [0.29, 0.717) is 42.1 Å². The van der Waals surface area contributed by atoms with Gasteiger partial charge in [0.2, 0.25) is 0 Å². The summed E-state index contributed by atoms with van der Waals surface area (Å²) >= 11 is 6.27. The molecule has 2 aliphatic heterocycles. The Balaban J connectivity index is 1.52. The Labute approximate surface area is 210 Å². The molecule has 0 spiro atoms. The van der Waals surface area contributed by atoms with Crippen molar-refractivity contribution in [1.82, 2.24) is 20.2 Å². The highest BCUT2D eigenvalue weighted by atomic mass is 35.5. The molecule has 0 aliphatic carbocycles. The van der Waals surface area contributed by atoms with E-state index in [1.807, 2.05) is 24.1 Å². The van der Waals surface area contributed by atoms with Crippen molar-refractivity contribution in [2.75, 3.05) is 63.8 Å². The number of nitrogens with zero attached hydrogens (tertiary/aromatic N) is 4. The summed E-state index contributed by atoms with van der Waals surface area (Å²) < 4.78 is 11.0. The Morgan fingerprint density at radius 1 is 1.37 bits per heavy atom. The van der Waals surface area contributed by atoms with Crippen molar-refractivity contribution in [2.24, 2.45) is 0 Å². The van der Waals surface area contributed by atoms with E-state index in [1.54, 1.807) is 19.4 Å². The molecule has 190 valence electrons. The Hall–Kier alpha value is -2.66. The fraction of sp³-hybridized carbons (Fsp3) is 0.542. The number of nitrogens with one attached hydrogen (secondary N) is 2. The van der Waals surface area contributed by atoms with Gasteiger partial charge < -0.3 is 35.0 Å². The van der Waals surface area contributed by atoms with E-state index in [9.17, 15) is 9.90 Å². The number of hydrogen-bond acceptors (Lipinski definition) is 9. The maximum atomic E-state index is 13.1. The van der Waals surface area contributed by atoms with E-state index < -0.39 is 0 Å². The van der Waals surface area contributed by atoms with E-state index in [-0.39, 0.29) is 30.4 Å². The second-order valence-corrected chi connectivity index (χ2v) is 9.29. The van der Waals surface area contributed by atoms with Crippen LogP contribution in [0.3, 0.4) is 0 Å². The molecule has 2 atom stereocenters. The zero-order valence-electron chi connectivity index (χ0n) is 20.2. The summed E-state index contributed by atoms with van der Waals surface area (Å²) in [5.41, 5.74) is 1.11. The van der Waals surface area contributed by atoms with Crippen LogP contribution in [0.15, 0.2) is 24.4 Å². The first-order valence-corrected chi connectivity index (χ1v) is 12.3. The zero-order valence-corrected chi connectivity index (χ0v) is 20.9. The van der Waals surface area contributed by atoms with Gasteiger partial charge in [0.15, 0.2) is 11.5 Å². The van der Waals surface area contributed by atoms with Gasteiger partial charge in [-0.1, -0.05) is 17.7 Å². The minimum atomic E-state index is -0.323. The zero-order chi connectivity index (χ0) is 24.8. The molecule has 3 N–H and O–H groups in total. The molecule has 2 fully saturated rings. The highest BCUT2D eigenvalue weighted by Crippen LogP contribution is 2.27. The average molecular weight is 505 g/mol. The van der Waals surface area contributed by atoms with Gasteiger partial charge in [0.05, 0.1) is 43.7 Å². The van der Waals surface area contributed by atoms with Gasteiger partial charge in [0.25, 0.3) is 5.91 Å². The van der Waals surface area contributed by atoms with Gasteiger partial charge in [0, 0.05) is 32.7 Å². The lowest BCUT2D eigenvalue weighted by atomic mass is 10.2. The molecule has 2 saturated heterocycles. The second-order valence-electron chi connectivity index (χ2n) is 8.88. The first-order valence-electron chi connectivity index (χ1n) is 11.9. The number of carbonyl (C=O) groups excluding carboxylic acids is 1. The molecular weight excluding hydrogens is 472 g/mol. The van der Waals surface area contributed by atoms with E-state index in [2.05, 4.69) is 20.5 Å². The highest BCUT2D eigenvalue weighted by molar-refractivity contribution is 6.32. The summed E-state index contributed by atoms with van der Waals surface area (Å²) in [5.74, 6) is 1.27. The lowest BCUT2D eigenvalue weighted by Gasteiger charge is -2.30. The standard InChI is InChI=1S/C24H33ClN6O4/c1-30-8-9-35-18(14-30)12-28-24(33)22-23(27-11-16-5-6-20(34-2)19(25)10-16)29-21(13-26-22)31-7-3-4-17(31)15-32/h5-6,10,13,17-18,32H,3-4,7-9,11-12,14-15H2,1-2H3,(H,27,29)(H,28,33). The molecule has 10 nitrogen and oxygen atoms in total. The van der Waals surface area contributed by atoms with Gasteiger partial charge in [-0.15, -0.1) is 0 Å². The molecule has 4 rings (SSSR count). The number of rotatable bonds is 9. The number of carbonyl (C=O) groups is 1. The molecule has 2 aliphatic rings. The molecule has 0 radical (unpaired) electrons.